The molecule has 0 saturated heterocycles. The smallest absolute Gasteiger partial charge is 0.373 e. The highest BCUT2D eigenvalue weighted by Gasteiger charge is 2.76. The summed E-state index contributed by atoms with van der Waals surface area (Å²) in [5, 5.41) is 89.8. The SMILES string of the molecule is O=C(O)C(O)(OO)C(O)(OO)C(O)(OO)C(O)C(O)CO. The molecule has 0 aromatic carbocycles. The van der Waals surface area contributed by atoms with Gasteiger partial charge in [-0.3, -0.25) is 0 Å². The first-order valence-corrected chi connectivity index (χ1v) is 4.87. The van der Waals surface area contributed by atoms with Crippen molar-refractivity contribution in [3.8, 4) is 0 Å². The largest absolute Gasteiger partial charge is 0.477 e. The molecule has 0 aliphatic rings. The summed E-state index contributed by atoms with van der Waals surface area (Å²) in [6.07, 6.45) is -5.41. The average molecular weight is 322 g/mol. The predicted molar refractivity (Wildman–Crippen MR) is 52.7 cm³/mol. The molecule has 0 aliphatic carbocycles. The molecule has 0 heterocycles. The summed E-state index contributed by atoms with van der Waals surface area (Å²) in [6.45, 7) is -1.33. The van der Waals surface area contributed by atoms with Crippen LogP contribution in [0.1, 0.15) is 0 Å². The van der Waals surface area contributed by atoms with Crippen LogP contribution in [0.2, 0.25) is 0 Å². The van der Waals surface area contributed by atoms with Crippen LogP contribution in [0.25, 0.3) is 0 Å². The summed E-state index contributed by atoms with van der Waals surface area (Å²) in [6, 6.07) is 0. The van der Waals surface area contributed by atoms with Gasteiger partial charge < -0.3 is 35.7 Å². The first-order chi connectivity index (χ1) is 9.52. The van der Waals surface area contributed by atoms with Crippen molar-refractivity contribution in [2.75, 3.05) is 6.61 Å². The van der Waals surface area contributed by atoms with Gasteiger partial charge in [0.2, 0.25) is 0 Å². The van der Waals surface area contributed by atoms with Gasteiger partial charge in [-0.05, 0) is 0 Å². The lowest BCUT2D eigenvalue weighted by molar-refractivity contribution is -0.597. The van der Waals surface area contributed by atoms with Crippen LogP contribution in [0.3, 0.4) is 0 Å². The van der Waals surface area contributed by atoms with Gasteiger partial charge in [-0.15, -0.1) is 0 Å². The third-order valence-electron chi connectivity index (χ3n) is 2.59. The quantitative estimate of drug-likeness (QED) is 0.109. The zero-order valence-electron chi connectivity index (χ0n) is 9.97. The van der Waals surface area contributed by atoms with Crippen molar-refractivity contribution in [3.05, 3.63) is 0 Å². The van der Waals surface area contributed by atoms with E-state index in [2.05, 4.69) is 14.7 Å². The van der Waals surface area contributed by atoms with Gasteiger partial charge in [0, 0.05) is 0 Å². The first-order valence-electron chi connectivity index (χ1n) is 4.87. The van der Waals surface area contributed by atoms with E-state index in [1.165, 1.54) is 0 Å². The maximum absolute atomic E-state index is 10.8. The number of carboxylic acids is 1. The van der Waals surface area contributed by atoms with Crippen LogP contribution in [-0.4, -0.2) is 93.7 Å². The van der Waals surface area contributed by atoms with E-state index in [1.54, 1.807) is 0 Å². The molecule has 0 aliphatic heterocycles. The van der Waals surface area contributed by atoms with Crippen LogP contribution in [0.15, 0.2) is 0 Å². The number of carboxylic acid groups (broad SMARTS) is 1. The number of carbonyl (C=O) groups is 1. The molecule has 0 fully saturated rings. The fourth-order valence-electron chi connectivity index (χ4n) is 1.29. The molecule has 0 bridgehead atoms. The summed E-state index contributed by atoms with van der Waals surface area (Å²) in [7, 11) is 0. The van der Waals surface area contributed by atoms with E-state index < -0.39 is 42.1 Å². The lowest BCUT2D eigenvalue weighted by Gasteiger charge is -2.45. The molecule has 10 N–H and O–H groups in total. The predicted octanol–water partition coefficient (Wildman–Crippen LogP) is -4.68. The fraction of sp³-hybridized carbons (Fsp3) is 0.857. The second-order valence-electron chi connectivity index (χ2n) is 3.76. The highest BCUT2D eigenvalue weighted by molar-refractivity contribution is 5.77. The van der Waals surface area contributed by atoms with Crippen molar-refractivity contribution in [2.24, 2.45) is 0 Å². The first kappa shape index (κ1) is 20.0. The summed E-state index contributed by atoms with van der Waals surface area (Å²) < 4.78 is 0. The second kappa shape index (κ2) is 6.83. The Labute approximate surface area is 114 Å². The number of aliphatic hydroxyl groups is 6. The van der Waals surface area contributed by atoms with Gasteiger partial charge in [-0.2, -0.15) is 14.7 Å². The van der Waals surface area contributed by atoms with Crippen LogP contribution in [0.5, 0.6) is 0 Å². The van der Waals surface area contributed by atoms with E-state index >= 15 is 0 Å². The minimum Gasteiger partial charge on any atom is -0.477 e. The second-order valence-corrected chi connectivity index (χ2v) is 3.76. The van der Waals surface area contributed by atoms with Crippen LogP contribution in [0.4, 0.5) is 0 Å². The molecular formula is C7H14O14. The molecule has 0 rings (SSSR count). The summed E-state index contributed by atoms with van der Waals surface area (Å²) in [5.41, 5.74) is 0. The molecule has 21 heavy (non-hydrogen) atoms. The Morgan fingerprint density at radius 2 is 1.48 bits per heavy atom. The monoisotopic (exact) mass is 322 g/mol. The van der Waals surface area contributed by atoms with Gasteiger partial charge in [-0.1, -0.05) is 0 Å². The van der Waals surface area contributed by atoms with E-state index in [0.717, 1.165) is 0 Å². The number of hydrogen-bond acceptors (Lipinski definition) is 13. The molecule has 14 heteroatoms. The molecule has 0 amide bonds. The minimum atomic E-state index is -4.52. The molecule has 5 unspecified atom stereocenters. The summed E-state index contributed by atoms with van der Waals surface area (Å²) >= 11 is 0. The molecule has 14 nitrogen and oxygen atoms in total. The van der Waals surface area contributed by atoms with Gasteiger partial charge in [0.1, 0.15) is 12.2 Å². The highest BCUT2D eigenvalue weighted by Crippen LogP contribution is 2.38. The van der Waals surface area contributed by atoms with Gasteiger partial charge >= 0.3 is 17.5 Å². The summed E-state index contributed by atoms with van der Waals surface area (Å²) in [4.78, 5) is 20.0. The number of aliphatic hydroxyl groups excluding tert-OH is 3. The van der Waals surface area contributed by atoms with Crippen LogP contribution < -0.4 is 0 Å². The van der Waals surface area contributed by atoms with E-state index in [9.17, 15) is 25.2 Å². The Kier molecular flexibility index (Phi) is 6.50. The average Bonchev–Trinajstić information content (AvgIpc) is 2.49. The Balaban J connectivity index is 6.12. The normalized spacial score (nSPS) is 23.5. The van der Waals surface area contributed by atoms with Crippen molar-refractivity contribution in [3.63, 3.8) is 0 Å². The molecule has 0 radical (unpaired) electrons. The van der Waals surface area contributed by atoms with Crippen molar-refractivity contribution < 1.29 is 71.0 Å². The maximum Gasteiger partial charge on any atom is 0.373 e. The molecule has 0 aromatic heterocycles. The third-order valence-corrected chi connectivity index (χ3v) is 2.59. The standard InChI is InChI=1S/C7H14O14/c8-1-2(9)3(10)5(13,19-16)7(15,21-18)6(14,20-17)4(11)12/h2-3,8-10,13-18H,1H2,(H,11,12). The Hall–Kier alpha value is -1.01. The number of aliphatic carboxylic acids is 1. The van der Waals surface area contributed by atoms with Crippen molar-refractivity contribution >= 4 is 5.97 Å². The van der Waals surface area contributed by atoms with Crippen LogP contribution in [-0.2, 0) is 19.5 Å². The number of hydrogen-bond donors (Lipinski definition) is 10. The number of rotatable bonds is 9. The van der Waals surface area contributed by atoms with Crippen LogP contribution >= 0.6 is 0 Å². The summed E-state index contributed by atoms with van der Waals surface area (Å²) in [5.74, 6) is -15.9. The van der Waals surface area contributed by atoms with E-state index in [-0.39, 0.29) is 0 Å². The highest BCUT2D eigenvalue weighted by atomic mass is 17.2. The van der Waals surface area contributed by atoms with Crippen molar-refractivity contribution in [1.82, 2.24) is 0 Å². The molecule has 126 valence electrons. The van der Waals surface area contributed by atoms with Gasteiger partial charge in [0.25, 0.3) is 5.79 Å². The van der Waals surface area contributed by atoms with Crippen molar-refractivity contribution in [1.29, 1.82) is 0 Å². The lowest BCUT2D eigenvalue weighted by atomic mass is 9.89. The van der Waals surface area contributed by atoms with Gasteiger partial charge in [-0.25, -0.2) is 20.6 Å². The van der Waals surface area contributed by atoms with Gasteiger partial charge in [0.05, 0.1) is 6.61 Å². The van der Waals surface area contributed by atoms with Crippen molar-refractivity contribution in [2.45, 2.75) is 29.6 Å². The fourth-order valence-corrected chi connectivity index (χ4v) is 1.29. The van der Waals surface area contributed by atoms with Crippen LogP contribution in [0, 0.1) is 0 Å². The Morgan fingerprint density at radius 3 is 1.71 bits per heavy atom. The Morgan fingerprint density at radius 1 is 1.00 bits per heavy atom. The topological polar surface area (TPSA) is 247 Å². The van der Waals surface area contributed by atoms with E-state index in [0.29, 0.717) is 0 Å². The zero-order chi connectivity index (χ0) is 17.1. The molecule has 0 spiro atoms. The van der Waals surface area contributed by atoms with Gasteiger partial charge in [0.15, 0.2) is 0 Å². The molecule has 0 aromatic rings. The Bertz CT molecular complexity index is 361. The molecule has 0 saturated carbocycles. The molecular weight excluding hydrogens is 308 g/mol. The third kappa shape index (κ3) is 2.83. The van der Waals surface area contributed by atoms with E-state index in [1.807, 2.05) is 0 Å². The zero-order valence-corrected chi connectivity index (χ0v) is 9.97. The lowest BCUT2D eigenvalue weighted by Crippen LogP contribution is -2.77. The maximum atomic E-state index is 10.8. The minimum absolute atomic E-state index is 1.33. The molecule has 5 atom stereocenters. The van der Waals surface area contributed by atoms with E-state index in [4.69, 9.17) is 31.1 Å².